The summed E-state index contributed by atoms with van der Waals surface area (Å²) >= 11 is 0. The number of pyridine rings is 1. The zero-order valence-electron chi connectivity index (χ0n) is 14.2. The maximum Gasteiger partial charge on any atom is 0.301 e. The van der Waals surface area contributed by atoms with Crippen LogP contribution in [-0.2, 0) is 4.79 Å². The van der Waals surface area contributed by atoms with Crippen LogP contribution in [0.3, 0.4) is 0 Å². The predicted molar refractivity (Wildman–Crippen MR) is 93.5 cm³/mol. The van der Waals surface area contributed by atoms with E-state index in [0.717, 1.165) is 22.3 Å². The molecular weight excluding hydrogens is 318 g/mol. The molecule has 25 heavy (non-hydrogen) atoms. The van der Waals surface area contributed by atoms with Gasteiger partial charge >= 0.3 is 6.01 Å². The first-order valence-electron chi connectivity index (χ1n) is 8.35. The highest BCUT2D eigenvalue weighted by molar-refractivity contribution is 5.91. The minimum absolute atomic E-state index is 0.0244. The van der Waals surface area contributed by atoms with Gasteiger partial charge in [-0.25, -0.2) is 0 Å². The smallest absolute Gasteiger partial charge is 0.301 e. The molecule has 128 valence electrons. The topological polar surface area (TPSA) is 77.2 Å². The summed E-state index contributed by atoms with van der Waals surface area (Å²) in [6.07, 6.45) is 3.13. The van der Waals surface area contributed by atoms with Gasteiger partial charge in [0.1, 0.15) is 23.1 Å². The third-order valence-corrected chi connectivity index (χ3v) is 4.61. The summed E-state index contributed by atoms with van der Waals surface area (Å²) in [5, 5.41) is 3.78. The van der Waals surface area contributed by atoms with Crippen LogP contribution in [0, 0.1) is 19.8 Å². The van der Waals surface area contributed by atoms with Gasteiger partial charge in [0.2, 0.25) is 5.91 Å². The van der Waals surface area contributed by atoms with Crippen LogP contribution in [0.4, 0.5) is 6.01 Å². The van der Waals surface area contributed by atoms with E-state index in [4.69, 9.17) is 9.15 Å². The van der Waals surface area contributed by atoms with Gasteiger partial charge in [-0.1, -0.05) is 18.2 Å². The van der Waals surface area contributed by atoms with E-state index >= 15 is 0 Å². The Morgan fingerprint density at radius 1 is 1.24 bits per heavy atom. The van der Waals surface area contributed by atoms with Crippen molar-refractivity contribution in [3.8, 4) is 5.75 Å². The van der Waals surface area contributed by atoms with Crippen LogP contribution in [0.15, 0.2) is 40.9 Å². The monoisotopic (exact) mass is 337 g/mol. The molecule has 2 heterocycles. The molecule has 1 fully saturated rings. The Balaban J connectivity index is 1.36. The van der Waals surface area contributed by atoms with Gasteiger partial charge in [0.15, 0.2) is 0 Å². The van der Waals surface area contributed by atoms with Crippen molar-refractivity contribution in [2.24, 2.45) is 5.92 Å². The molecule has 0 aliphatic heterocycles. The number of aryl methyl sites for hydroxylation is 2. The second-order valence-electron chi connectivity index (χ2n) is 6.39. The zero-order valence-corrected chi connectivity index (χ0v) is 14.2. The lowest BCUT2D eigenvalue weighted by atomic mass is 9.81. The molecule has 0 atom stereocenters. The fourth-order valence-electron chi connectivity index (χ4n) is 2.96. The number of nitrogens with one attached hydrogen (secondary N) is 1. The molecule has 1 amide bonds. The lowest BCUT2D eigenvalue weighted by molar-refractivity contribution is -0.125. The van der Waals surface area contributed by atoms with Crippen molar-refractivity contribution in [3.63, 3.8) is 0 Å². The summed E-state index contributed by atoms with van der Waals surface area (Å²) in [7, 11) is 0. The van der Waals surface area contributed by atoms with Gasteiger partial charge in [0, 0.05) is 17.5 Å². The first-order valence-corrected chi connectivity index (χ1v) is 8.35. The van der Waals surface area contributed by atoms with Crippen LogP contribution < -0.4 is 10.1 Å². The highest BCUT2D eigenvalue weighted by Crippen LogP contribution is 2.34. The maximum absolute atomic E-state index is 12.2. The summed E-state index contributed by atoms with van der Waals surface area (Å²) in [5.74, 6) is 1.33. The summed E-state index contributed by atoms with van der Waals surface area (Å²) in [4.78, 5) is 20.8. The number of aromatic nitrogens is 2. The number of carbonyl (C=O) groups is 1. The molecule has 1 aromatic carbocycles. The van der Waals surface area contributed by atoms with Gasteiger partial charge in [0.25, 0.3) is 0 Å². The molecule has 4 rings (SSSR count). The molecule has 0 saturated heterocycles. The second-order valence-corrected chi connectivity index (χ2v) is 6.39. The summed E-state index contributed by atoms with van der Waals surface area (Å²) in [5.41, 5.74) is 1.64. The van der Waals surface area contributed by atoms with Crippen LogP contribution in [0.25, 0.3) is 10.9 Å². The number of ether oxygens (including phenoxy) is 1. The number of fused-ring (bicyclic) bond motifs is 1. The Hall–Kier alpha value is -2.89. The molecule has 1 saturated carbocycles. The Morgan fingerprint density at radius 2 is 2.04 bits per heavy atom. The average molecular weight is 337 g/mol. The second kappa shape index (κ2) is 6.20. The quantitative estimate of drug-likeness (QED) is 0.786. The van der Waals surface area contributed by atoms with Gasteiger partial charge in [-0.15, -0.1) is 0 Å². The largest absolute Gasteiger partial charge is 0.488 e. The number of carbonyl (C=O) groups excluding carboxylic acids is 1. The Labute approximate surface area is 145 Å². The van der Waals surface area contributed by atoms with Gasteiger partial charge in [0.05, 0.1) is 5.69 Å². The number of anilines is 1. The molecule has 2 aromatic heterocycles. The number of hydrogen-bond donors (Lipinski definition) is 1. The third-order valence-electron chi connectivity index (χ3n) is 4.61. The number of benzene rings is 1. The molecule has 0 unspecified atom stereocenters. The molecule has 6 nitrogen and oxygen atoms in total. The van der Waals surface area contributed by atoms with Gasteiger partial charge < -0.3 is 9.15 Å². The molecule has 1 aliphatic rings. The molecule has 0 bridgehead atoms. The van der Waals surface area contributed by atoms with E-state index in [9.17, 15) is 4.79 Å². The van der Waals surface area contributed by atoms with Gasteiger partial charge in [-0.2, -0.15) is 4.98 Å². The molecule has 3 aromatic rings. The van der Waals surface area contributed by atoms with Crippen molar-refractivity contribution in [3.05, 3.63) is 48.0 Å². The van der Waals surface area contributed by atoms with Crippen molar-refractivity contribution in [1.82, 2.24) is 9.97 Å². The minimum atomic E-state index is -0.0829. The van der Waals surface area contributed by atoms with E-state index < -0.39 is 0 Å². The van der Waals surface area contributed by atoms with Crippen LogP contribution in [0.2, 0.25) is 0 Å². The lowest BCUT2D eigenvalue weighted by Crippen LogP contribution is -2.40. The Kier molecular flexibility index (Phi) is 3.87. The van der Waals surface area contributed by atoms with E-state index in [1.807, 2.05) is 44.2 Å². The van der Waals surface area contributed by atoms with E-state index in [2.05, 4.69) is 15.3 Å². The summed E-state index contributed by atoms with van der Waals surface area (Å²) in [6.45, 7) is 3.67. The van der Waals surface area contributed by atoms with E-state index in [-0.39, 0.29) is 23.9 Å². The zero-order chi connectivity index (χ0) is 17.4. The number of nitrogens with zero attached hydrogens (tertiary/aromatic N) is 2. The number of hydrogen-bond acceptors (Lipinski definition) is 5. The van der Waals surface area contributed by atoms with Crippen molar-refractivity contribution in [1.29, 1.82) is 0 Å². The van der Waals surface area contributed by atoms with Crippen molar-refractivity contribution in [2.45, 2.75) is 32.8 Å². The fourth-order valence-corrected chi connectivity index (χ4v) is 2.96. The molecule has 0 radical (unpaired) electrons. The fraction of sp³-hybridized carbons (Fsp3) is 0.316. The Morgan fingerprint density at radius 3 is 2.80 bits per heavy atom. The summed E-state index contributed by atoms with van der Waals surface area (Å²) in [6, 6.07) is 10.1. The normalized spacial score (nSPS) is 19.4. The molecule has 0 spiro atoms. The molecule has 1 aliphatic carbocycles. The van der Waals surface area contributed by atoms with Gasteiger partial charge in [-0.3, -0.25) is 15.1 Å². The van der Waals surface area contributed by atoms with Crippen LogP contribution in [-0.4, -0.2) is 22.0 Å². The lowest BCUT2D eigenvalue weighted by Gasteiger charge is -2.34. The average Bonchev–Trinajstić information content (AvgIpc) is 2.88. The van der Waals surface area contributed by atoms with Crippen molar-refractivity contribution >= 4 is 22.8 Å². The number of rotatable bonds is 4. The minimum Gasteiger partial charge on any atom is -0.488 e. The van der Waals surface area contributed by atoms with E-state index in [1.165, 1.54) is 0 Å². The standard InChI is InChI=1S/C19H19N3O3/c1-11-12(2)24-19(21-11)22-18(23)14-9-15(10-14)25-16-7-3-5-13-6-4-8-20-17(13)16/h3-8,14-15H,9-10H2,1-2H3,(H,21,22,23). The Bertz CT molecular complexity index is 904. The number of amides is 1. The van der Waals surface area contributed by atoms with Crippen molar-refractivity contribution in [2.75, 3.05) is 5.32 Å². The molecular formula is C19H19N3O3. The first kappa shape index (κ1) is 15.6. The van der Waals surface area contributed by atoms with Crippen LogP contribution in [0.1, 0.15) is 24.3 Å². The molecule has 1 N–H and O–H groups in total. The predicted octanol–water partition coefficient (Wildman–Crippen LogP) is 3.64. The van der Waals surface area contributed by atoms with Crippen LogP contribution in [0.5, 0.6) is 5.75 Å². The highest BCUT2D eigenvalue weighted by Gasteiger charge is 2.37. The summed E-state index contributed by atoms with van der Waals surface area (Å²) < 4.78 is 11.4. The SMILES string of the molecule is Cc1nc(NC(=O)C2CC(Oc3cccc4cccnc34)C2)oc1C. The van der Waals surface area contributed by atoms with Crippen LogP contribution >= 0.6 is 0 Å². The van der Waals surface area contributed by atoms with E-state index in [0.29, 0.717) is 18.6 Å². The molecule has 6 heteroatoms. The highest BCUT2D eigenvalue weighted by atomic mass is 16.5. The number of para-hydroxylation sites is 1. The maximum atomic E-state index is 12.2. The first-order chi connectivity index (χ1) is 12.1. The van der Waals surface area contributed by atoms with E-state index in [1.54, 1.807) is 6.20 Å². The third kappa shape index (κ3) is 3.07. The number of oxazole rings is 1. The van der Waals surface area contributed by atoms with Crippen molar-refractivity contribution < 1.29 is 13.9 Å². The van der Waals surface area contributed by atoms with Gasteiger partial charge in [-0.05, 0) is 38.8 Å².